The molecule has 2 unspecified atom stereocenters. The minimum Gasteiger partial charge on any atom is -0.395 e. The van der Waals surface area contributed by atoms with Crippen LogP contribution in [0.4, 0.5) is 17.2 Å². The molecule has 0 radical (unpaired) electrons. The van der Waals surface area contributed by atoms with Crippen molar-refractivity contribution < 1.29 is 9.90 Å². The van der Waals surface area contributed by atoms with Crippen molar-refractivity contribution in [2.45, 2.75) is 37.8 Å². The smallest absolute Gasteiger partial charge is 0.251 e. The summed E-state index contributed by atoms with van der Waals surface area (Å²) in [5, 5.41) is 23.0. The number of fused-ring (bicyclic) bond motifs is 1. The van der Waals surface area contributed by atoms with Crippen molar-refractivity contribution in [1.82, 2.24) is 19.9 Å². The summed E-state index contributed by atoms with van der Waals surface area (Å²) in [4.78, 5) is 16.4. The Morgan fingerprint density at radius 1 is 1.27 bits per heavy atom. The van der Waals surface area contributed by atoms with Crippen molar-refractivity contribution in [1.29, 1.82) is 0 Å². The van der Waals surface area contributed by atoms with Gasteiger partial charge in [-0.05, 0) is 49.9 Å². The van der Waals surface area contributed by atoms with Crippen LogP contribution in [0.1, 0.15) is 36.0 Å². The van der Waals surface area contributed by atoms with Crippen LogP contribution in [0.3, 0.4) is 0 Å². The third-order valence-corrected chi connectivity index (χ3v) is 5.25. The average molecular weight is 409 g/mol. The molecule has 9 heteroatoms. The Morgan fingerprint density at radius 2 is 2.10 bits per heavy atom. The first-order valence-electron chi connectivity index (χ1n) is 10.2. The van der Waals surface area contributed by atoms with Gasteiger partial charge in [0.2, 0.25) is 0 Å². The number of aromatic nitrogens is 3. The summed E-state index contributed by atoms with van der Waals surface area (Å²) in [6, 6.07) is 9.64. The topological polar surface area (TPSA) is 130 Å². The molecule has 2 heterocycles. The molecule has 1 aliphatic rings. The minimum absolute atomic E-state index is 0.0864. The fraction of sp³-hybridized carbons (Fsp3) is 0.381. The number of imidazole rings is 1. The number of rotatable bonds is 7. The number of nitrogens with zero attached hydrogens (tertiary/aromatic N) is 3. The third kappa shape index (κ3) is 4.69. The van der Waals surface area contributed by atoms with E-state index in [1.165, 1.54) is 0 Å². The Kier molecular flexibility index (Phi) is 6.10. The normalized spacial score (nSPS) is 18.9. The number of carbonyl (C=O) groups excluding carboxylic acids is 1. The van der Waals surface area contributed by atoms with E-state index < -0.39 is 0 Å². The maximum atomic E-state index is 12.0. The van der Waals surface area contributed by atoms with Crippen LogP contribution in [-0.4, -0.2) is 50.8 Å². The van der Waals surface area contributed by atoms with Crippen LogP contribution < -0.4 is 21.7 Å². The molecular formula is C21H27N7O2. The van der Waals surface area contributed by atoms with Crippen LogP contribution in [0.15, 0.2) is 42.7 Å². The molecule has 1 amide bonds. The van der Waals surface area contributed by atoms with Crippen molar-refractivity contribution in [3.8, 4) is 0 Å². The molecule has 1 aliphatic carbocycles. The monoisotopic (exact) mass is 409 g/mol. The standard InChI is InChI=1S/C21H27N7O2/c22-15-2-1-3-17(12-15)26-19-13-18(20-23-8-10-28(20)27-19)25-16-6-4-14(5-7-16)21(30)24-9-11-29/h4-8,10,13,15,17,25,29H,1-3,9,11-12,22H2,(H,24,30)(H,26,27). The van der Waals surface area contributed by atoms with Gasteiger partial charge in [-0.1, -0.05) is 0 Å². The second-order valence-corrected chi connectivity index (χ2v) is 7.59. The van der Waals surface area contributed by atoms with Gasteiger partial charge in [0.05, 0.1) is 12.3 Å². The number of amides is 1. The highest BCUT2D eigenvalue weighted by Gasteiger charge is 2.20. The summed E-state index contributed by atoms with van der Waals surface area (Å²) < 4.78 is 1.74. The van der Waals surface area contributed by atoms with Gasteiger partial charge in [0.25, 0.3) is 5.91 Å². The van der Waals surface area contributed by atoms with Gasteiger partial charge in [-0.25, -0.2) is 9.50 Å². The number of carbonyl (C=O) groups is 1. The van der Waals surface area contributed by atoms with Crippen LogP contribution in [0, 0.1) is 0 Å². The highest BCUT2D eigenvalue weighted by molar-refractivity contribution is 5.94. The molecule has 158 valence electrons. The van der Waals surface area contributed by atoms with Crippen LogP contribution in [0.2, 0.25) is 0 Å². The lowest BCUT2D eigenvalue weighted by Crippen LogP contribution is -2.35. The molecule has 3 aromatic rings. The first kappa shape index (κ1) is 20.1. The zero-order valence-corrected chi connectivity index (χ0v) is 16.7. The molecule has 4 rings (SSSR count). The van der Waals surface area contributed by atoms with E-state index in [1.807, 2.05) is 24.4 Å². The minimum atomic E-state index is -0.215. The Bertz CT molecular complexity index is 1000. The zero-order valence-electron chi connectivity index (χ0n) is 16.7. The fourth-order valence-corrected chi connectivity index (χ4v) is 3.78. The van der Waals surface area contributed by atoms with E-state index in [0.717, 1.165) is 42.9 Å². The highest BCUT2D eigenvalue weighted by Crippen LogP contribution is 2.26. The molecule has 30 heavy (non-hydrogen) atoms. The predicted molar refractivity (Wildman–Crippen MR) is 116 cm³/mol. The Labute approximate surface area is 174 Å². The van der Waals surface area contributed by atoms with E-state index in [9.17, 15) is 4.79 Å². The maximum absolute atomic E-state index is 12.0. The number of anilines is 3. The molecule has 6 N–H and O–H groups in total. The summed E-state index contributed by atoms with van der Waals surface area (Å²) >= 11 is 0. The Hall–Kier alpha value is -3.17. The van der Waals surface area contributed by atoms with Gasteiger partial charge in [-0.15, -0.1) is 5.10 Å². The summed E-state index contributed by atoms with van der Waals surface area (Å²) in [5.74, 6) is 0.550. The lowest BCUT2D eigenvalue weighted by molar-refractivity contribution is 0.0945. The van der Waals surface area contributed by atoms with Gasteiger partial charge in [0, 0.05) is 48.3 Å². The summed E-state index contributed by atoms with van der Waals surface area (Å²) in [6.45, 7) is 0.145. The maximum Gasteiger partial charge on any atom is 0.251 e. The summed E-state index contributed by atoms with van der Waals surface area (Å²) in [6.07, 6.45) is 7.74. The molecular weight excluding hydrogens is 382 g/mol. The summed E-state index contributed by atoms with van der Waals surface area (Å²) in [7, 11) is 0. The van der Waals surface area contributed by atoms with Gasteiger partial charge >= 0.3 is 0 Å². The van der Waals surface area contributed by atoms with Gasteiger partial charge < -0.3 is 26.8 Å². The van der Waals surface area contributed by atoms with E-state index in [4.69, 9.17) is 10.8 Å². The van der Waals surface area contributed by atoms with Gasteiger partial charge in [0.1, 0.15) is 5.82 Å². The van der Waals surface area contributed by atoms with Crippen LogP contribution in [0.25, 0.3) is 5.65 Å². The fourth-order valence-electron chi connectivity index (χ4n) is 3.78. The Balaban J connectivity index is 1.52. The quantitative estimate of drug-likeness (QED) is 0.403. The average Bonchev–Trinajstić information content (AvgIpc) is 3.21. The number of hydrogen-bond acceptors (Lipinski definition) is 7. The molecule has 1 aromatic carbocycles. The number of aliphatic hydroxyl groups excluding tert-OH is 1. The van der Waals surface area contributed by atoms with E-state index in [1.54, 1.807) is 22.8 Å². The van der Waals surface area contributed by atoms with E-state index in [0.29, 0.717) is 17.3 Å². The second-order valence-electron chi connectivity index (χ2n) is 7.59. The number of nitrogens with two attached hydrogens (primary N) is 1. The van der Waals surface area contributed by atoms with Crippen LogP contribution in [0.5, 0.6) is 0 Å². The first-order valence-corrected chi connectivity index (χ1v) is 10.2. The predicted octanol–water partition coefficient (Wildman–Crippen LogP) is 1.88. The van der Waals surface area contributed by atoms with Gasteiger partial charge in [0.15, 0.2) is 5.65 Å². The summed E-state index contributed by atoms with van der Waals surface area (Å²) in [5.41, 5.74) is 9.01. The molecule has 2 aromatic heterocycles. The van der Waals surface area contributed by atoms with Gasteiger partial charge in [-0.2, -0.15) is 0 Å². The molecule has 1 fully saturated rings. The SMILES string of the molecule is NC1CCCC(Nc2cc(Nc3ccc(C(=O)NCCO)cc3)c3nccn3n2)C1. The number of hydrogen-bond donors (Lipinski definition) is 5. The first-order chi connectivity index (χ1) is 14.6. The van der Waals surface area contributed by atoms with Gasteiger partial charge in [-0.3, -0.25) is 4.79 Å². The lowest BCUT2D eigenvalue weighted by Gasteiger charge is -2.27. The molecule has 0 saturated heterocycles. The lowest BCUT2D eigenvalue weighted by atomic mass is 9.92. The molecule has 0 spiro atoms. The van der Waals surface area contributed by atoms with Crippen molar-refractivity contribution in [2.75, 3.05) is 23.8 Å². The number of nitrogens with one attached hydrogen (secondary N) is 3. The molecule has 1 saturated carbocycles. The second kappa shape index (κ2) is 9.10. The van der Waals surface area contributed by atoms with E-state index in [2.05, 4.69) is 26.0 Å². The van der Waals surface area contributed by atoms with Crippen LogP contribution in [-0.2, 0) is 0 Å². The number of aliphatic hydroxyl groups is 1. The molecule has 9 nitrogen and oxygen atoms in total. The zero-order chi connectivity index (χ0) is 20.9. The largest absolute Gasteiger partial charge is 0.395 e. The third-order valence-electron chi connectivity index (χ3n) is 5.25. The molecule has 0 aliphatic heterocycles. The Morgan fingerprint density at radius 3 is 2.87 bits per heavy atom. The molecule has 0 bridgehead atoms. The van der Waals surface area contributed by atoms with Crippen molar-refractivity contribution >= 4 is 28.7 Å². The number of benzene rings is 1. The van der Waals surface area contributed by atoms with Crippen LogP contribution >= 0.6 is 0 Å². The van der Waals surface area contributed by atoms with Crippen molar-refractivity contribution in [2.24, 2.45) is 5.73 Å². The highest BCUT2D eigenvalue weighted by atomic mass is 16.3. The van der Waals surface area contributed by atoms with E-state index >= 15 is 0 Å². The van der Waals surface area contributed by atoms with E-state index in [-0.39, 0.29) is 25.1 Å². The van der Waals surface area contributed by atoms with Crippen molar-refractivity contribution in [3.05, 3.63) is 48.3 Å². The van der Waals surface area contributed by atoms with Crippen molar-refractivity contribution in [3.63, 3.8) is 0 Å². The molecule has 2 atom stereocenters.